The highest BCUT2D eigenvalue weighted by atomic mass is 32.2. The summed E-state index contributed by atoms with van der Waals surface area (Å²) in [5.74, 6) is -1.24. The van der Waals surface area contributed by atoms with Crippen LogP contribution < -0.4 is 0 Å². The maximum atomic E-state index is 13.9. The molecule has 0 bridgehead atoms. The summed E-state index contributed by atoms with van der Waals surface area (Å²) in [7, 11) is -8.01. The van der Waals surface area contributed by atoms with Crippen LogP contribution >= 0.6 is 0 Å². The van der Waals surface area contributed by atoms with Crippen molar-refractivity contribution < 1.29 is 21.6 Å². The van der Waals surface area contributed by atoms with Crippen LogP contribution in [0.3, 0.4) is 0 Å². The van der Waals surface area contributed by atoms with E-state index in [0.29, 0.717) is 24.8 Å². The van der Waals surface area contributed by atoms with E-state index in [9.17, 15) is 21.6 Å². The molecule has 5 nitrogen and oxygen atoms in total. The summed E-state index contributed by atoms with van der Waals surface area (Å²) in [6.45, 7) is 3.97. The molecule has 2 aliphatic carbocycles. The van der Waals surface area contributed by atoms with E-state index in [1.165, 1.54) is 24.3 Å². The van der Waals surface area contributed by atoms with E-state index in [4.69, 9.17) is 0 Å². The maximum absolute atomic E-state index is 13.9. The van der Waals surface area contributed by atoms with Crippen molar-refractivity contribution in [2.45, 2.75) is 51.9 Å². The minimum absolute atomic E-state index is 0.0517. The second kappa shape index (κ2) is 7.46. The summed E-state index contributed by atoms with van der Waals surface area (Å²) in [4.78, 5) is 13.6. The van der Waals surface area contributed by atoms with Gasteiger partial charge in [0.2, 0.25) is 0 Å². The molecule has 0 aliphatic heterocycles. The van der Waals surface area contributed by atoms with Crippen LogP contribution in [0.5, 0.6) is 0 Å². The molecule has 0 radical (unpaired) electrons. The Morgan fingerprint density at radius 3 is 2.00 bits per heavy atom. The van der Waals surface area contributed by atoms with Gasteiger partial charge in [-0.1, -0.05) is 55.0 Å². The summed E-state index contributed by atoms with van der Waals surface area (Å²) < 4.78 is 53.0. The van der Waals surface area contributed by atoms with Gasteiger partial charge in [-0.2, -0.15) is 0 Å². The maximum Gasteiger partial charge on any atom is 0.191 e. The number of hydrogen-bond acceptors (Lipinski definition) is 5. The smallest absolute Gasteiger partial charge is 0.191 e. The topological polar surface area (TPSA) is 85.3 Å². The lowest BCUT2D eigenvalue weighted by Gasteiger charge is -2.33. The lowest BCUT2D eigenvalue weighted by Crippen LogP contribution is -2.51. The standard InChI is InChI=1S/C23H24O5S2/c1-17-16-23(30(27,28)19-12-6-3-7-13-19)20(14-8-9-15-21(23)24)22(17)29(25,26)18-10-4-2-5-11-18/h2-7,10-13,20,22H,1,8-9,14-16H2/t20-,22+,23-/m0/s1. The van der Waals surface area contributed by atoms with Gasteiger partial charge in [-0.05, 0) is 43.5 Å². The van der Waals surface area contributed by atoms with Crippen LogP contribution in [-0.2, 0) is 24.5 Å². The van der Waals surface area contributed by atoms with Crippen LogP contribution in [0.1, 0.15) is 32.1 Å². The zero-order valence-electron chi connectivity index (χ0n) is 16.5. The Bertz CT molecular complexity index is 1180. The lowest BCUT2D eigenvalue weighted by atomic mass is 9.89. The molecule has 0 spiro atoms. The van der Waals surface area contributed by atoms with Crippen molar-refractivity contribution in [3.8, 4) is 0 Å². The molecule has 2 saturated carbocycles. The molecule has 0 saturated heterocycles. The quantitative estimate of drug-likeness (QED) is 0.671. The molecule has 30 heavy (non-hydrogen) atoms. The van der Waals surface area contributed by atoms with Crippen LogP contribution in [0.2, 0.25) is 0 Å². The van der Waals surface area contributed by atoms with Crippen molar-refractivity contribution >= 4 is 25.5 Å². The van der Waals surface area contributed by atoms with Crippen molar-refractivity contribution in [1.82, 2.24) is 0 Å². The first-order valence-corrected chi connectivity index (χ1v) is 13.1. The second-order valence-corrected chi connectivity index (χ2v) is 12.4. The van der Waals surface area contributed by atoms with Crippen molar-refractivity contribution in [2.24, 2.45) is 5.92 Å². The van der Waals surface area contributed by atoms with E-state index in [0.717, 1.165) is 0 Å². The highest BCUT2D eigenvalue weighted by Gasteiger charge is 2.65. The Kier molecular flexibility index (Phi) is 5.22. The number of carbonyl (C=O) groups excluding carboxylic acids is 1. The minimum atomic E-state index is -4.12. The predicted octanol–water partition coefficient (Wildman–Crippen LogP) is 3.76. The third-order valence-corrected chi connectivity index (χ3v) is 11.2. The fourth-order valence-electron chi connectivity index (χ4n) is 5.10. The molecule has 2 fully saturated rings. The third-order valence-electron chi connectivity index (χ3n) is 6.44. The molecular formula is C23H24O5S2. The Labute approximate surface area is 177 Å². The number of rotatable bonds is 4. The second-order valence-electron chi connectivity index (χ2n) is 8.10. The van der Waals surface area contributed by atoms with Crippen molar-refractivity contribution in [2.75, 3.05) is 0 Å². The number of Topliss-reactive ketones (excluding diaryl/α,β-unsaturated/α-hetero) is 1. The van der Waals surface area contributed by atoms with Crippen molar-refractivity contribution in [1.29, 1.82) is 0 Å². The molecule has 2 aliphatic rings. The molecule has 2 aromatic carbocycles. The molecule has 0 amide bonds. The number of carbonyl (C=O) groups is 1. The SMILES string of the molecule is C=C1C[C@@]2(S(=O)(=O)c3ccccc3)C(=O)CCCC[C@H]2[C@@H]1S(=O)(=O)c1ccccc1. The Hall–Kier alpha value is -2.25. The first-order chi connectivity index (χ1) is 14.2. The molecule has 0 unspecified atom stereocenters. The lowest BCUT2D eigenvalue weighted by molar-refractivity contribution is -0.122. The van der Waals surface area contributed by atoms with E-state index in [-0.39, 0.29) is 28.4 Å². The predicted molar refractivity (Wildman–Crippen MR) is 114 cm³/mol. The van der Waals surface area contributed by atoms with Crippen LogP contribution in [0.15, 0.2) is 82.6 Å². The van der Waals surface area contributed by atoms with Crippen LogP contribution in [0.25, 0.3) is 0 Å². The van der Waals surface area contributed by atoms with Gasteiger partial charge in [-0.3, -0.25) is 4.79 Å². The van der Waals surface area contributed by atoms with Gasteiger partial charge >= 0.3 is 0 Å². The van der Waals surface area contributed by atoms with Gasteiger partial charge in [-0.15, -0.1) is 0 Å². The largest absolute Gasteiger partial charge is 0.298 e. The zero-order chi connectivity index (χ0) is 21.6. The van der Waals surface area contributed by atoms with Crippen LogP contribution in [0, 0.1) is 5.92 Å². The Morgan fingerprint density at radius 2 is 1.40 bits per heavy atom. The van der Waals surface area contributed by atoms with E-state index < -0.39 is 35.6 Å². The van der Waals surface area contributed by atoms with Gasteiger partial charge in [0, 0.05) is 12.3 Å². The normalized spacial score (nSPS) is 27.5. The van der Waals surface area contributed by atoms with Gasteiger partial charge < -0.3 is 0 Å². The summed E-state index contributed by atoms with van der Waals surface area (Å²) in [5, 5.41) is -1.10. The highest BCUT2D eigenvalue weighted by Crippen LogP contribution is 2.54. The van der Waals surface area contributed by atoms with Crippen LogP contribution in [-0.4, -0.2) is 32.6 Å². The number of sulfone groups is 2. The van der Waals surface area contributed by atoms with Gasteiger partial charge in [0.1, 0.15) is 4.75 Å². The molecule has 7 heteroatoms. The third kappa shape index (κ3) is 2.98. The molecule has 158 valence electrons. The highest BCUT2D eigenvalue weighted by molar-refractivity contribution is 7.94. The Balaban J connectivity index is 1.93. The summed E-state index contributed by atoms with van der Waals surface area (Å²) in [6.07, 6.45) is 1.51. The number of ketones is 1. The average molecular weight is 445 g/mol. The number of benzene rings is 2. The van der Waals surface area contributed by atoms with Crippen LogP contribution in [0.4, 0.5) is 0 Å². The molecule has 3 atom stereocenters. The van der Waals surface area contributed by atoms with E-state index in [2.05, 4.69) is 6.58 Å². The average Bonchev–Trinajstić information content (AvgIpc) is 2.97. The molecule has 0 heterocycles. The van der Waals surface area contributed by atoms with E-state index in [1.807, 2.05) is 0 Å². The van der Waals surface area contributed by atoms with E-state index in [1.54, 1.807) is 36.4 Å². The van der Waals surface area contributed by atoms with Gasteiger partial charge in [-0.25, -0.2) is 16.8 Å². The fourth-order valence-corrected chi connectivity index (χ4v) is 9.70. The molecule has 2 aromatic rings. The fraction of sp³-hybridized carbons (Fsp3) is 0.348. The monoisotopic (exact) mass is 444 g/mol. The molecular weight excluding hydrogens is 420 g/mol. The molecule has 0 N–H and O–H groups in total. The molecule has 4 rings (SSSR count). The summed E-state index contributed by atoms with van der Waals surface area (Å²) >= 11 is 0. The number of hydrogen-bond donors (Lipinski definition) is 0. The van der Waals surface area contributed by atoms with Crippen molar-refractivity contribution in [3.63, 3.8) is 0 Å². The first-order valence-electron chi connectivity index (χ1n) is 10.0. The summed E-state index contributed by atoms with van der Waals surface area (Å²) in [6, 6.07) is 15.9. The molecule has 0 aromatic heterocycles. The van der Waals surface area contributed by atoms with Gasteiger partial charge in [0.25, 0.3) is 0 Å². The summed E-state index contributed by atoms with van der Waals surface area (Å²) in [5.41, 5.74) is 0.304. The number of fused-ring (bicyclic) bond motifs is 1. The Morgan fingerprint density at radius 1 is 0.833 bits per heavy atom. The van der Waals surface area contributed by atoms with Crippen molar-refractivity contribution in [3.05, 3.63) is 72.8 Å². The van der Waals surface area contributed by atoms with Gasteiger partial charge in [0.05, 0.1) is 15.0 Å². The van der Waals surface area contributed by atoms with Gasteiger partial charge in [0.15, 0.2) is 25.5 Å². The first kappa shape index (κ1) is 21.0. The minimum Gasteiger partial charge on any atom is -0.298 e. The van der Waals surface area contributed by atoms with E-state index >= 15 is 0 Å². The zero-order valence-corrected chi connectivity index (χ0v) is 18.2.